The van der Waals surface area contributed by atoms with Crippen LogP contribution in [-0.4, -0.2) is 14.8 Å². The predicted molar refractivity (Wildman–Crippen MR) is 44.2 cm³/mol. The van der Waals surface area contributed by atoms with Gasteiger partial charge < -0.3 is 0 Å². The fraction of sp³-hybridized carbons (Fsp3) is 0.429. The van der Waals surface area contributed by atoms with Crippen LogP contribution < -0.4 is 11.2 Å². The van der Waals surface area contributed by atoms with E-state index in [0.717, 1.165) is 4.68 Å². The first-order valence-corrected chi connectivity index (χ1v) is 3.69. The van der Waals surface area contributed by atoms with Gasteiger partial charge in [0, 0.05) is 0 Å². The van der Waals surface area contributed by atoms with E-state index in [2.05, 4.69) is 5.10 Å². The molecule has 1 rings (SSSR count). The summed E-state index contributed by atoms with van der Waals surface area (Å²) in [4.78, 5) is 24.0. The highest BCUT2D eigenvalue weighted by atomic mass is 16.2. The minimum atomic E-state index is -0.746. The Bertz CT molecular complexity index is 463. The zero-order valence-corrected chi connectivity index (χ0v) is 7.24. The summed E-state index contributed by atoms with van der Waals surface area (Å²) in [5.41, 5.74) is -1.64. The first kappa shape index (κ1) is 9.19. The van der Waals surface area contributed by atoms with Gasteiger partial charge in [-0.1, -0.05) is 0 Å². The summed E-state index contributed by atoms with van der Waals surface area (Å²) in [6, 6.07) is 1.42. The van der Waals surface area contributed by atoms with Crippen LogP contribution in [0.5, 0.6) is 0 Å². The summed E-state index contributed by atoms with van der Waals surface area (Å²) in [5, 5.41) is 12.1. The van der Waals surface area contributed by atoms with E-state index in [9.17, 15) is 9.59 Å². The fourth-order valence-electron chi connectivity index (χ4n) is 0.835. The summed E-state index contributed by atoms with van der Waals surface area (Å²) in [6.07, 6.45) is 0. The molecular weight excluding hydrogens is 172 g/mol. The molecule has 0 radical (unpaired) electrons. The standard InChI is InChI=1S/C7H8N4O2/c1-4(2)11-7(13)9-6(12)5(3-8)10-11/h4H,1-2H3,(H,9,12,13). The van der Waals surface area contributed by atoms with Crippen molar-refractivity contribution < 1.29 is 0 Å². The lowest BCUT2D eigenvalue weighted by molar-refractivity contribution is 0.482. The summed E-state index contributed by atoms with van der Waals surface area (Å²) in [5.74, 6) is 0. The lowest BCUT2D eigenvalue weighted by Crippen LogP contribution is -2.35. The van der Waals surface area contributed by atoms with Gasteiger partial charge in [0.05, 0.1) is 6.04 Å². The van der Waals surface area contributed by atoms with Crippen LogP contribution in [0.3, 0.4) is 0 Å². The highest BCUT2D eigenvalue weighted by Gasteiger charge is 2.07. The number of hydrogen-bond acceptors (Lipinski definition) is 4. The number of aromatic amines is 1. The Kier molecular flexibility index (Phi) is 2.28. The average molecular weight is 180 g/mol. The smallest absolute Gasteiger partial charge is 0.270 e. The summed E-state index contributed by atoms with van der Waals surface area (Å²) >= 11 is 0. The van der Waals surface area contributed by atoms with Gasteiger partial charge in [-0.05, 0) is 13.8 Å². The van der Waals surface area contributed by atoms with Crippen LogP contribution in [0, 0.1) is 11.3 Å². The van der Waals surface area contributed by atoms with E-state index in [1.807, 2.05) is 4.98 Å². The summed E-state index contributed by atoms with van der Waals surface area (Å²) in [6.45, 7) is 3.46. The molecule has 6 heteroatoms. The molecule has 1 aromatic rings. The van der Waals surface area contributed by atoms with Gasteiger partial charge in [-0.3, -0.25) is 9.78 Å². The van der Waals surface area contributed by atoms with Crippen molar-refractivity contribution in [2.24, 2.45) is 0 Å². The van der Waals surface area contributed by atoms with Crippen molar-refractivity contribution in [1.82, 2.24) is 14.8 Å². The molecule has 0 aliphatic carbocycles. The Morgan fingerprint density at radius 3 is 2.62 bits per heavy atom. The van der Waals surface area contributed by atoms with Gasteiger partial charge in [-0.2, -0.15) is 10.4 Å². The third kappa shape index (κ3) is 1.64. The van der Waals surface area contributed by atoms with Gasteiger partial charge in [-0.15, -0.1) is 0 Å². The van der Waals surface area contributed by atoms with Crippen LogP contribution in [0.15, 0.2) is 9.59 Å². The Labute approximate surface area is 73.4 Å². The maximum absolute atomic E-state index is 11.1. The zero-order chi connectivity index (χ0) is 10.0. The van der Waals surface area contributed by atoms with Gasteiger partial charge in [-0.25, -0.2) is 9.48 Å². The Morgan fingerprint density at radius 2 is 2.15 bits per heavy atom. The fourth-order valence-corrected chi connectivity index (χ4v) is 0.835. The first-order chi connectivity index (χ1) is 6.06. The number of aromatic nitrogens is 3. The van der Waals surface area contributed by atoms with Crippen LogP contribution in [-0.2, 0) is 0 Å². The predicted octanol–water partition coefficient (Wildman–Crippen LogP) is -0.616. The quantitative estimate of drug-likeness (QED) is 0.623. The molecule has 6 nitrogen and oxygen atoms in total. The molecule has 0 saturated heterocycles. The Hall–Kier alpha value is -1.90. The van der Waals surface area contributed by atoms with Gasteiger partial charge in [0.1, 0.15) is 6.07 Å². The van der Waals surface area contributed by atoms with E-state index < -0.39 is 11.2 Å². The minimum absolute atomic E-state index is 0.184. The molecule has 0 unspecified atom stereocenters. The summed E-state index contributed by atoms with van der Waals surface area (Å²) in [7, 11) is 0. The molecule has 0 aliphatic heterocycles. The lowest BCUT2D eigenvalue weighted by Gasteiger charge is -2.05. The number of nitriles is 1. The second-order valence-corrected chi connectivity index (χ2v) is 2.76. The van der Waals surface area contributed by atoms with Gasteiger partial charge in [0.25, 0.3) is 5.56 Å². The van der Waals surface area contributed by atoms with Gasteiger partial charge in [0.15, 0.2) is 0 Å². The second-order valence-electron chi connectivity index (χ2n) is 2.76. The Balaban J connectivity index is 3.51. The number of nitrogens with one attached hydrogen (secondary N) is 1. The van der Waals surface area contributed by atoms with E-state index in [1.54, 1.807) is 19.9 Å². The molecule has 13 heavy (non-hydrogen) atoms. The normalized spacial score (nSPS) is 10.0. The Morgan fingerprint density at radius 1 is 1.54 bits per heavy atom. The van der Waals surface area contributed by atoms with Crippen molar-refractivity contribution in [3.63, 3.8) is 0 Å². The number of hydrogen-bond donors (Lipinski definition) is 1. The molecule has 0 spiro atoms. The SMILES string of the molecule is CC(C)n1nc(C#N)c(=O)[nH]c1=O. The van der Waals surface area contributed by atoms with Crippen LogP contribution in [0.4, 0.5) is 0 Å². The first-order valence-electron chi connectivity index (χ1n) is 3.69. The molecule has 1 aromatic heterocycles. The number of nitrogens with zero attached hydrogens (tertiary/aromatic N) is 3. The van der Waals surface area contributed by atoms with E-state index in [0.29, 0.717) is 0 Å². The maximum atomic E-state index is 11.1. The maximum Gasteiger partial charge on any atom is 0.345 e. The van der Waals surface area contributed by atoms with Crippen LogP contribution in [0.1, 0.15) is 25.6 Å². The van der Waals surface area contributed by atoms with Crippen molar-refractivity contribution in [2.75, 3.05) is 0 Å². The monoisotopic (exact) mass is 180 g/mol. The van der Waals surface area contributed by atoms with E-state index in [4.69, 9.17) is 5.26 Å². The molecule has 1 N–H and O–H groups in total. The number of rotatable bonds is 1. The van der Waals surface area contributed by atoms with Gasteiger partial charge in [0.2, 0.25) is 5.69 Å². The van der Waals surface area contributed by atoms with Crippen molar-refractivity contribution in [3.05, 3.63) is 26.5 Å². The molecule has 0 bridgehead atoms. The lowest BCUT2D eigenvalue weighted by atomic mass is 10.4. The van der Waals surface area contributed by atoms with E-state index >= 15 is 0 Å². The molecular formula is C7H8N4O2. The second kappa shape index (κ2) is 3.23. The molecule has 68 valence electrons. The molecule has 0 saturated carbocycles. The highest BCUT2D eigenvalue weighted by Crippen LogP contribution is 1.93. The third-order valence-electron chi connectivity index (χ3n) is 1.45. The number of H-pyrrole nitrogens is 1. The van der Waals surface area contributed by atoms with E-state index in [1.165, 1.54) is 0 Å². The van der Waals surface area contributed by atoms with E-state index in [-0.39, 0.29) is 11.7 Å². The zero-order valence-electron chi connectivity index (χ0n) is 7.24. The average Bonchev–Trinajstić information content (AvgIpc) is 2.03. The molecule has 0 aliphatic rings. The molecule has 1 heterocycles. The van der Waals surface area contributed by atoms with Crippen LogP contribution >= 0.6 is 0 Å². The van der Waals surface area contributed by atoms with Gasteiger partial charge >= 0.3 is 5.69 Å². The molecule has 0 amide bonds. The molecule has 0 fully saturated rings. The third-order valence-corrected chi connectivity index (χ3v) is 1.45. The largest absolute Gasteiger partial charge is 0.345 e. The van der Waals surface area contributed by atoms with Crippen LogP contribution in [0.2, 0.25) is 0 Å². The molecule has 0 aromatic carbocycles. The van der Waals surface area contributed by atoms with Crippen LogP contribution in [0.25, 0.3) is 0 Å². The topological polar surface area (TPSA) is 91.5 Å². The minimum Gasteiger partial charge on any atom is -0.270 e. The van der Waals surface area contributed by atoms with Crippen molar-refractivity contribution in [2.45, 2.75) is 19.9 Å². The highest BCUT2D eigenvalue weighted by molar-refractivity contribution is 5.13. The van der Waals surface area contributed by atoms with Crippen molar-refractivity contribution in [1.29, 1.82) is 5.26 Å². The van der Waals surface area contributed by atoms with Crippen molar-refractivity contribution in [3.8, 4) is 6.07 Å². The summed E-state index contributed by atoms with van der Waals surface area (Å²) < 4.78 is 1.06. The molecule has 0 atom stereocenters. The van der Waals surface area contributed by atoms with Crippen molar-refractivity contribution >= 4 is 0 Å².